The Labute approximate surface area is 165 Å². The van der Waals surface area contributed by atoms with Crippen molar-refractivity contribution in [3.8, 4) is 11.5 Å². The lowest BCUT2D eigenvalue weighted by molar-refractivity contribution is -0.919. The van der Waals surface area contributed by atoms with Crippen molar-refractivity contribution in [3.05, 3.63) is 45.6 Å². The summed E-state index contributed by atoms with van der Waals surface area (Å²) >= 11 is 1.74. The third-order valence-electron chi connectivity index (χ3n) is 5.00. The summed E-state index contributed by atoms with van der Waals surface area (Å²) in [6.07, 6.45) is 0.921. The molecule has 6 heteroatoms. The van der Waals surface area contributed by atoms with Gasteiger partial charge in [0.15, 0.2) is 18.0 Å². The van der Waals surface area contributed by atoms with Crippen LogP contribution in [0.4, 0.5) is 0 Å². The van der Waals surface area contributed by atoms with Crippen LogP contribution < -0.4 is 19.7 Å². The quantitative estimate of drug-likeness (QED) is 0.762. The van der Waals surface area contributed by atoms with Crippen molar-refractivity contribution in [2.24, 2.45) is 5.92 Å². The van der Waals surface area contributed by atoms with Crippen molar-refractivity contribution in [3.63, 3.8) is 0 Å². The number of rotatable bonds is 7. The molecule has 0 bridgehead atoms. The SMILES string of the molecule is COc1cc2c(cc1OC)[C@H](c1cccs1)[NH+](CC(=O)NCC(C)C)CC2. The molecular formula is C21H29N2O3S+. The number of nitrogens with one attached hydrogen (secondary N) is 2. The van der Waals surface area contributed by atoms with Crippen molar-refractivity contribution in [2.45, 2.75) is 26.3 Å². The van der Waals surface area contributed by atoms with Gasteiger partial charge >= 0.3 is 0 Å². The fraction of sp³-hybridized carbons (Fsp3) is 0.476. The van der Waals surface area contributed by atoms with Gasteiger partial charge in [0.25, 0.3) is 5.91 Å². The van der Waals surface area contributed by atoms with E-state index in [2.05, 4.69) is 48.8 Å². The molecule has 0 saturated heterocycles. The highest BCUT2D eigenvalue weighted by molar-refractivity contribution is 7.10. The normalized spacial score (nSPS) is 18.9. The number of benzene rings is 1. The Balaban J connectivity index is 1.92. The van der Waals surface area contributed by atoms with Gasteiger partial charge in [-0.3, -0.25) is 4.79 Å². The van der Waals surface area contributed by atoms with E-state index in [0.717, 1.165) is 31.0 Å². The lowest BCUT2D eigenvalue weighted by atomic mass is 9.91. The molecule has 1 amide bonds. The molecule has 0 saturated carbocycles. The average Bonchev–Trinajstić information content (AvgIpc) is 3.19. The van der Waals surface area contributed by atoms with E-state index in [4.69, 9.17) is 9.47 Å². The van der Waals surface area contributed by atoms with Gasteiger partial charge in [-0.15, -0.1) is 11.3 Å². The number of carbonyl (C=O) groups is 1. The molecule has 1 unspecified atom stereocenters. The van der Waals surface area contributed by atoms with Crippen molar-refractivity contribution in [2.75, 3.05) is 33.9 Å². The largest absolute Gasteiger partial charge is 0.493 e. The number of ether oxygens (including phenoxy) is 2. The van der Waals surface area contributed by atoms with Crippen molar-refractivity contribution in [1.82, 2.24) is 5.32 Å². The molecule has 2 N–H and O–H groups in total. The third-order valence-corrected chi connectivity index (χ3v) is 5.94. The van der Waals surface area contributed by atoms with Gasteiger partial charge in [0.2, 0.25) is 0 Å². The second kappa shape index (κ2) is 8.76. The Bertz CT molecular complexity index is 774. The molecule has 1 aliphatic rings. The first-order valence-corrected chi connectivity index (χ1v) is 10.3. The second-order valence-corrected chi connectivity index (χ2v) is 8.37. The van der Waals surface area contributed by atoms with Gasteiger partial charge in [-0.05, 0) is 35.1 Å². The van der Waals surface area contributed by atoms with Gasteiger partial charge in [0.05, 0.1) is 25.6 Å². The topological polar surface area (TPSA) is 52.0 Å². The molecule has 2 aromatic rings. The molecule has 0 radical (unpaired) electrons. The van der Waals surface area contributed by atoms with Crippen molar-refractivity contribution < 1.29 is 19.2 Å². The van der Waals surface area contributed by atoms with Gasteiger partial charge in [-0.25, -0.2) is 0 Å². The van der Waals surface area contributed by atoms with E-state index < -0.39 is 0 Å². The van der Waals surface area contributed by atoms with Gasteiger partial charge in [-0.1, -0.05) is 19.9 Å². The molecule has 1 aliphatic heterocycles. The van der Waals surface area contributed by atoms with E-state index in [9.17, 15) is 4.79 Å². The van der Waals surface area contributed by atoms with Crippen molar-refractivity contribution >= 4 is 17.2 Å². The second-order valence-electron chi connectivity index (χ2n) is 7.39. The average molecular weight is 390 g/mol. The van der Waals surface area contributed by atoms with E-state index in [0.29, 0.717) is 12.5 Å². The van der Waals surface area contributed by atoms with Gasteiger partial charge in [0.1, 0.15) is 6.04 Å². The fourth-order valence-electron chi connectivity index (χ4n) is 3.67. The Hall–Kier alpha value is -2.05. The summed E-state index contributed by atoms with van der Waals surface area (Å²) in [5.74, 6) is 2.07. The molecule has 2 heterocycles. The lowest BCUT2D eigenvalue weighted by Gasteiger charge is -2.34. The number of amides is 1. The summed E-state index contributed by atoms with van der Waals surface area (Å²) in [7, 11) is 3.33. The summed E-state index contributed by atoms with van der Waals surface area (Å²) in [5, 5.41) is 5.16. The van der Waals surface area contributed by atoms with Crippen LogP contribution in [0, 0.1) is 5.92 Å². The number of hydrogen-bond donors (Lipinski definition) is 2. The van der Waals surface area contributed by atoms with E-state index in [-0.39, 0.29) is 11.9 Å². The summed E-state index contributed by atoms with van der Waals surface area (Å²) < 4.78 is 11.0. The minimum absolute atomic E-state index is 0.115. The van der Waals surface area contributed by atoms with Crippen LogP contribution >= 0.6 is 11.3 Å². The maximum atomic E-state index is 12.5. The molecule has 1 aromatic carbocycles. The molecule has 5 nitrogen and oxygen atoms in total. The number of methoxy groups -OCH3 is 2. The summed E-state index contributed by atoms with van der Waals surface area (Å²) in [6, 6.07) is 8.55. The minimum Gasteiger partial charge on any atom is -0.493 e. The highest BCUT2D eigenvalue weighted by Gasteiger charge is 2.35. The molecule has 0 spiro atoms. The summed E-state index contributed by atoms with van der Waals surface area (Å²) in [6.45, 7) is 6.33. The Kier molecular flexibility index (Phi) is 6.39. The number of fused-ring (bicyclic) bond motifs is 1. The third kappa shape index (κ3) is 4.45. The van der Waals surface area contributed by atoms with E-state index in [1.807, 2.05) is 0 Å². The van der Waals surface area contributed by atoms with Crippen LogP contribution in [0.5, 0.6) is 11.5 Å². The predicted octanol–water partition coefficient (Wildman–Crippen LogP) is 2.07. The highest BCUT2D eigenvalue weighted by Crippen LogP contribution is 2.36. The van der Waals surface area contributed by atoms with E-state index in [1.165, 1.54) is 20.9 Å². The number of carbonyl (C=O) groups excluding carboxylic acids is 1. The van der Waals surface area contributed by atoms with Crippen LogP contribution in [0.25, 0.3) is 0 Å². The summed E-state index contributed by atoms with van der Waals surface area (Å²) in [4.78, 5) is 15.0. The first kappa shape index (κ1) is 19.7. The Morgan fingerprint density at radius 1 is 1.30 bits per heavy atom. The van der Waals surface area contributed by atoms with Crippen LogP contribution in [0.3, 0.4) is 0 Å². The van der Waals surface area contributed by atoms with E-state index >= 15 is 0 Å². The minimum atomic E-state index is 0.115. The molecule has 27 heavy (non-hydrogen) atoms. The first-order chi connectivity index (χ1) is 13.0. The maximum absolute atomic E-state index is 12.5. The lowest BCUT2D eigenvalue weighted by Crippen LogP contribution is -3.14. The van der Waals surface area contributed by atoms with Crippen LogP contribution in [-0.4, -0.2) is 39.8 Å². The first-order valence-electron chi connectivity index (χ1n) is 9.43. The van der Waals surface area contributed by atoms with Crippen LogP contribution in [-0.2, 0) is 11.2 Å². The molecule has 2 atom stereocenters. The monoisotopic (exact) mass is 389 g/mol. The maximum Gasteiger partial charge on any atom is 0.275 e. The van der Waals surface area contributed by atoms with Gasteiger partial charge in [0, 0.05) is 18.5 Å². The van der Waals surface area contributed by atoms with Crippen LogP contribution in [0.15, 0.2) is 29.6 Å². The Morgan fingerprint density at radius 3 is 2.67 bits per heavy atom. The molecular weight excluding hydrogens is 360 g/mol. The molecule has 0 aliphatic carbocycles. The number of hydrogen-bond acceptors (Lipinski definition) is 4. The summed E-state index contributed by atoms with van der Waals surface area (Å²) in [5.41, 5.74) is 2.50. The highest BCUT2D eigenvalue weighted by atomic mass is 32.1. The fourth-order valence-corrected chi connectivity index (χ4v) is 4.57. The van der Waals surface area contributed by atoms with Gasteiger partial charge < -0.3 is 19.7 Å². The smallest absolute Gasteiger partial charge is 0.275 e. The van der Waals surface area contributed by atoms with Crippen LogP contribution in [0.1, 0.15) is 35.9 Å². The number of thiophene rings is 1. The molecule has 3 rings (SSSR count). The molecule has 1 aromatic heterocycles. The number of quaternary nitrogens is 1. The Morgan fingerprint density at radius 2 is 2.04 bits per heavy atom. The van der Waals surface area contributed by atoms with Crippen molar-refractivity contribution in [1.29, 1.82) is 0 Å². The standard InChI is InChI=1S/C21H28N2O3S/c1-14(2)12-22-20(24)13-23-8-7-15-10-17(25-3)18(26-4)11-16(15)21(23)19-6-5-9-27-19/h5-6,9-11,14,21H,7-8,12-13H2,1-4H3,(H,22,24)/p+1/t21-/m1/s1. The molecule has 0 fully saturated rings. The zero-order valence-corrected chi connectivity index (χ0v) is 17.3. The van der Waals surface area contributed by atoms with Gasteiger partial charge in [-0.2, -0.15) is 0 Å². The van der Waals surface area contributed by atoms with E-state index in [1.54, 1.807) is 25.6 Å². The van der Waals surface area contributed by atoms with Crippen LogP contribution in [0.2, 0.25) is 0 Å². The zero-order valence-electron chi connectivity index (χ0n) is 16.5. The predicted molar refractivity (Wildman–Crippen MR) is 108 cm³/mol. The zero-order chi connectivity index (χ0) is 19.4. The molecule has 146 valence electrons.